The van der Waals surface area contributed by atoms with E-state index in [1.165, 1.54) is 45.0 Å². The van der Waals surface area contributed by atoms with E-state index in [2.05, 4.69) is 133 Å². The second kappa shape index (κ2) is 24.9. The number of nitrogens with zero attached hydrogens (tertiary/aromatic N) is 1. The van der Waals surface area contributed by atoms with E-state index < -0.39 is 0 Å². The van der Waals surface area contributed by atoms with Gasteiger partial charge in [-0.15, -0.1) is 0 Å². The fourth-order valence-corrected chi connectivity index (χ4v) is 6.88. The minimum absolute atomic E-state index is 0.119. The lowest BCUT2D eigenvalue weighted by Crippen LogP contribution is -2.04. The van der Waals surface area contributed by atoms with Crippen molar-refractivity contribution in [3.63, 3.8) is 0 Å². The largest absolute Gasteiger partial charge is 0.508 e. The molecule has 0 radical (unpaired) electrons. The zero-order valence-electron chi connectivity index (χ0n) is 37.2. The molecular weight excluding hydrogens is 1020 g/mol. The van der Waals surface area contributed by atoms with E-state index in [0.29, 0.717) is 29.1 Å². The van der Waals surface area contributed by atoms with E-state index >= 15 is 0 Å². The highest BCUT2D eigenvalue weighted by Crippen LogP contribution is 2.32. The molecule has 2 N–H and O–H groups in total. The molecule has 0 saturated heterocycles. The van der Waals surface area contributed by atoms with E-state index in [1.807, 2.05) is 24.3 Å². The number of rotatable bonds is 18. The van der Waals surface area contributed by atoms with Gasteiger partial charge in [0.15, 0.2) is 25.1 Å². The molecule has 0 fully saturated rings. The number of hydrogen-bond donors (Lipinski definition) is 2. The molecule has 334 valence electrons. The maximum atomic E-state index is 11.1. The number of aromatic nitrogens is 2. The molecule has 0 bridgehead atoms. The third-order valence-corrected chi connectivity index (χ3v) is 10.0. The topological polar surface area (TPSA) is 148 Å². The van der Waals surface area contributed by atoms with Gasteiger partial charge in [-0.1, -0.05) is 52.0 Å². The summed E-state index contributed by atoms with van der Waals surface area (Å²) in [6.07, 6.45) is 1.63. The monoisotopic (exact) mass is 1080 g/mol. The average molecular weight is 1080 g/mol. The molecule has 0 aliphatic carbocycles. The van der Waals surface area contributed by atoms with Crippen LogP contribution in [0.1, 0.15) is 107 Å². The molecule has 0 amide bonds. The lowest BCUT2D eigenvalue weighted by Gasteiger charge is -2.17. The van der Waals surface area contributed by atoms with Crippen LogP contribution in [0, 0.1) is 27.7 Å². The van der Waals surface area contributed by atoms with Crippen LogP contribution in [0.5, 0.6) is 28.9 Å². The van der Waals surface area contributed by atoms with Crippen molar-refractivity contribution >= 4 is 37.2 Å². The van der Waals surface area contributed by atoms with Crippen molar-refractivity contribution in [1.82, 2.24) is 10.3 Å². The second-order valence-corrected chi connectivity index (χ2v) is 15.5. The summed E-state index contributed by atoms with van der Waals surface area (Å²) in [4.78, 5) is 11.1. The molecule has 62 heavy (non-hydrogen) atoms. The lowest BCUT2D eigenvalue weighted by molar-refractivity contribution is 0.0452. The number of ether oxygens (including phenoxy) is 6. The number of halogens is 2. The van der Waals surface area contributed by atoms with Crippen molar-refractivity contribution in [2.75, 3.05) is 27.8 Å². The quantitative estimate of drug-likeness (QED) is 0.0626. The smallest absolute Gasteiger partial charge is 0.280 e. The Balaban J connectivity index is 0.000000267. The zero-order valence-corrected chi connectivity index (χ0v) is 41.5. The van der Waals surface area contributed by atoms with Crippen LogP contribution >= 0.6 is 37.2 Å². The van der Waals surface area contributed by atoms with Crippen LogP contribution in [0.4, 0.5) is 0 Å². The molecule has 4 aromatic carbocycles. The van der Waals surface area contributed by atoms with Gasteiger partial charge in [0.05, 0.1) is 6.07 Å². The van der Waals surface area contributed by atoms with Crippen LogP contribution in [0.3, 0.4) is 0 Å². The normalized spacial score (nSPS) is 10.9. The van der Waals surface area contributed by atoms with Crippen molar-refractivity contribution in [2.24, 2.45) is 0 Å². The highest BCUT2D eigenvalue weighted by atomic mass is 128. The Morgan fingerprint density at radius 2 is 1.15 bits per heavy atom. The zero-order chi connectivity index (χ0) is 45.3. The standard InChI is InChI=1S/C26H33NO6.C22H25NO4.I2/c1-17(2)23-11-20(7-8-25(23)31-15-28-5)12-24-18(3)9-21(10-19(24)4)30-14-22-13-26(27-33-22)32-16-29-6;1-13(2)19-9-16(5-6-21(19)24)10-20-14(3)7-17(8-15(20)4)26-12-18-11-22(25)23-27-18;1-2/h7-11,13,17H,12,14-16H2,1-6H3;5-9,11,13,24H,10,12H2,1-4H3,(H,23,25);. The molecule has 0 spiro atoms. The Kier molecular flexibility index (Phi) is 20.2. The minimum Gasteiger partial charge on any atom is -0.508 e. The van der Waals surface area contributed by atoms with Crippen molar-refractivity contribution in [3.05, 3.63) is 150 Å². The van der Waals surface area contributed by atoms with Crippen LogP contribution in [0.2, 0.25) is 0 Å². The molecular formula is C48H58I2N2O10. The van der Waals surface area contributed by atoms with Crippen molar-refractivity contribution in [2.45, 2.75) is 93.3 Å². The third-order valence-electron chi connectivity index (χ3n) is 10.0. The lowest BCUT2D eigenvalue weighted by atomic mass is 9.93. The van der Waals surface area contributed by atoms with E-state index in [9.17, 15) is 9.90 Å². The van der Waals surface area contributed by atoms with E-state index in [0.717, 1.165) is 46.8 Å². The van der Waals surface area contributed by atoms with Gasteiger partial charge >= 0.3 is 0 Å². The first-order valence-corrected chi connectivity index (χ1v) is 26.4. The van der Waals surface area contributed by atoms with Gasteiger partial charge in [-0.05, 0) is 150 Å². The molecule has 0 aliphatic heterocycles. The van der Waals surface area contributed by atoms with Crippen LogP contribution < -0.4 is 24.5 Å². The second-order valence-electron chi connectivity index (χ2n) is 15.5. The maximum Gasteiger partial charge on any atom is 0.280 e. The number of benzene rings is 4. The Labute approximate surface area is 387 Å². The molecule has 0 atom stereocenters. The Bertz CT molecular complexity index is 2340. The van der Waals surface area contributed by atoms with Crippen LogP contribution in [-0.4, -0.2) is 43.2 Å². The summed E-state index contributed by atoms with van der Waals surface area (Å²) in [6, 6.07) is 23.4. The Morgan fingerprint density at radius 1 is 0.645 bits per heavy atom. The van der Waals surface area contributed by atoms with Gasteiger partial charge in [0.2, 0.25) is 0 Å². The van der Waals surface area contributed by atoms with Gasteiger partial charge in [0.1, 0.15) is 36.2 Å². The first kappa shape index (κ1) is 50.1. The highest BCUT2D eigenvalue weighted by molar-refractivity contribution is 15.0. The summed E-state index contributed by atoms with van der Waals surface area (Å²) in [6.45, 7) is 17.7. The van der Waals surface area contributed by atoms with Crippen LogP contribution in [0.15, 0.2) is 86.6 Å². The summed E-state index contributed by atoms with van der Waals surface area (Å²) in [7, 11) is 3.18. The SMILES string of the molecule is COCOc1cc(COc2cc(C)c(Cc3ccc(OCOC)c(C(C)C)c3)c(C)c2)on1.Cc1cc(OCc2cc(=O)[nH]o2)cc(C)c1Cc1ccc(O)c(C(C)C)c1.II. The predicted molar refractivity (Wildman–Crippen MR) is 258 cm³/mol. The van der Waals surface area contributed by atoms with Gasteiger partial charge in [-0.3, -0.25) is 4.79 Å². The third kappa shape index (κ3) is 14.8. The van der Waals surface area contributed by atoms with Gasteiger partial charge < -0.3 is 42.6 Å². The van der Waals surface area contributed by atoms with E-state index in [-0.39, 0.29) is 38.3 Å². The van der Waals surface area contributed by atoms with Crippen molar-refractivity contribution in [1.29, 1.82) is 0 Å². The number of methoxy groups -OCH3 is 2. The first-order valence-electron chi connectivity index (χ1n) is 20.2. The molecule has 0 aliphatic rings. The summed E-state index contributed by atoms with van der Waals surface area (Å²) >= 11 is 4.24. The number of hydrogen-bond acceptors (Lipinski definition) is 11. The van der Waals surface area contributed by atoms with E-state index in [1.54, 1.807) is 26.4 Å². The summed E-state index contributed by atoms with van der Waals surface area (Å²) < 4.78 is 42.8. The van der Waals surface area contributed by atoms with Gasteiger partial charge in [-0.2, -0.15) is 5.16 Å². The van der Waals surface area contributed by atoms with Crippen LogP contribution in [-0.2, 0) is 35.5 Å². The molecule has 0 unspecified atom stereocenters. The number of nitrogens with one attached hydrogen (secondary N) is 1. The molecule has 6 rings (SSSR count). The molecule has 12 nitrogen and oxygen atoms in total. The Hall–Kier alpha value is -4.52. The number of phenolic OH excluding ortho intramolecular Hbond substituents is 1. The number of H-pyrrole nitrogens is 1. The molecule has 6 aromatic rings. The summed E-state index contributed by atoms with van der Waals surface area (Å²) in [5.74, 6) is 4.79. The van der Waals surface area contributed by atoms with Gasteiger partial charge in [0, 0.05) is 57.5 Å². The fourth-order valence-electron chi connectivity index (χ4n) is 6.88. The minimum atomic E-state index is -0.272. The van der Waals surface area contributed by atoms with Crippen LogP contribution in [0.25, 0.3) is 0 Å². The number of aromatic hydroxyl groups is 1. The first-order chi connectivity index (χ1) is 29.7. The van der Waals surface area contributed by atoms with Gasteiger partial charge in [-0.25, -0.2) is 0 Å². The Morgan fingerprint density at radius 3 is 1.65 bits per heavy atom. The molecule has 0 saturated carbocycles. The summed E-state index contributed by atoms with van der Waals surface area (Å²) in [5.41, 5.74) is 11.5. The van der Waals surface area contributed by atoms with Crippen molar-refractivity contribution in [3.8, 4) is 28.9 Å². The number of aromatic amines is 1. The molecule has 14 heteroatoms. The predicted octanol–water partition coefficient (Wildman–Crippen LogP) is 11.9. The van der Waals surface area contributed by atoms with Crippen molar-refractivity contribution < 1.29 is 42.6 Å². The number of phenols is 1. The number of aryl methyl sites for hydroxylation is 4. The van der Waals surface area contributed by atoms with Gasteiger partial charge in [0.25, 0.3) is 11.4 Å². The highest BCUT2D eigenvalue weighted by Gasteiger charge is 2.15. The summed E-state index contributed by atoms with van der Waals surface area (Å²) in [5, 5.41) is 16.1. The molecule has 2 heterocycles. The fraction of sp³-hybridized carbons (Fsp3) is 0.375. The van der Waals surface area contributed by atoms with E-state index in [4.69, 9.17) is 37.5 Å². The molecule has 2 aromatic heterocycles. The average Bonchev–Trinajstić information content (AvgIpc) is 3.90. The maximum absolute atomic E-state index is 11.1.